The monoisotopic (exact) mass is 376 g/mol. The standard InChI is InChI=1S/C20H29ClN4O/c1-15-19(13-22-14-20(3,4)24-9-11-26-12-10-24)16(2)25(23-15)18-7-5-17(21)6-8-18/h5-8,22H,9-14H2,1-4H3. The number of ether oxygens (including phenoxy) is 1. The lowest BCUT2D eigenvalue weighted by atomic mass is 10.0. The van der Waals surface area contributed by atoms with Gasteiger partial charge in [0, 0.05) is 48.0 Å². The zero-order valence-corrected chi connectivity index (χ0v) is 16.9. The summed E-state index contributed by atoms with van der Waals surface area (Å²) >= 11 is 6.00. The summed E-state index contributed by atoms with van der Waals surface area (Å²) in [7, 11) is 0. The zero-order chi connectivity index (χ0) is 18.7. The topological polar surface area (TPSA) is 42.3 Å². The summed E-state index contributed by atoms with van der Waals surface area (Å²) in [6.45, 7) is 14.2. The summed E-state index contributed by atoms with van der Waals surface area (Å²) in [5.41, 5.74) is 4.64. The minimum absolute atomic E-state index is 0.109. The summed E-state index contributed by atoms with van der Waals surface area (Å²) in [6, 6.07) is 7.80. The average Bonchev–Trinajstić information content (AvgIpc) is 2.91. The van der Waals surface area contributed by atoms with Crippen molar-refractivity contribution in [3.05, 3.63) is 46.2 Å². The van der Waals surface area contributed by atoms with Crippen molar-refractivity contribution in [2.75, 3.05) is 32.8 Å². The van der Waals surface area contributed by atoms with Crippen molar-refractivity contribution in [2.45, 2.75) is 39.8 Å². The highest BCUT2D eigenvalue weighted by atomic mass is 35.5. The molecule has 3 rings (SSSR count). The van der Waals surface area contributed by atoms with Crippen LogP contribution in [0, 0.1) is 13.8 Å². The number of nitrogens with one attached hydrogen (secondary N) is 1. The molecule has 2 aromatic rings. The molecule has 1 N–H and O–H groups in total. The maximum Gasteiger partial charge on any atom is 0.0649 e. The van der Waals surface area contributed by atoms with Gasteiger partial charge < -0.3 is 10.1 Å². The minimum Gasteiger partial charge on any atom is -0.379 e. The van der Waals surface area contributed by atoms with Gasteiger partial charge in [0.05, 0.1) is 24.6 Å². The van der Waals surface area contributed by atoms with Gasteiger partial charge in [-0.2, -0.15) is 5.10 Å². The predicted molar refractivity (Wildman–Crippen MR) is 106 cm³/mol. The van der Waals surface area contributed by atoms with E-state index < -0.39 is 0 Å². The normalized spacial score (nSPS) is 16.2. The molecule has 142 valence electrons. The van der Waals surface area contributed by atoms with Crippen LogP contribution in [0.15, 0.2) is 24.3 Å². The molecule has 5 nitrogen and oxygen atoms in total. The molecule has 1 aliphatic rings. The van der Waals surface area contributed by atoms with E-state index in [0.29, 0.717) is 0 Å². The van der Waals surface area contributed by atoms with Crippen LogP contribution in [0.25, 0.3) is 5.69 Å². The van der Waals surface area contributed by atoms with Gasteiger partial charge in [-0.25, -0.2) is 4.68 Å². The quantitative estimate of drug-likeness (QED) is 0.839. The Morgan fingerprint density at radius 3 is 2.46 bits per heavy atom. The number of aryl methyl sites for hydroxylation is 1. The first-order chi connectivity index (χ1) is 12.4. The molecule has 0 bridgehead atoms. The van der Waals surface area contributed by atoms with E-state index in [1.54, 1.807) is 0 Å². The van der Waals surface area contributed by atoms with Gasteiger partial charge in [0.2, 0.25) is 0 Å². The number of aromatic nitrogens is 2. The Morgan fingerprint density at radius 2 is 1.81 bits per heavy atom. The summed E-state index contributed by atoms with van der Waals surface area (Å²) < 4.78 is 7.47. The molecule has 0 radical (unpaired) electrons. The Bertz CT molecular complexity index is 733. The third kappa shape index (κ3) is 4.29. The van der Waals surface area contributed by atoms with Crippen LogP contribution in [0.3, 0.4) is 0 Å². The van der Waals surface area contributed by atoms with Crippen LogP contribution in [-0.4, -0.2) is 53.1 Å². The molecule has 0 spiro atoms. The number of rotatable bonds is 6. The van der Waals surface area contributed by atoms with Crippen molar-refractivity contribution in [2.24, 2.45) is 0 Å². The minimum atomic E-state index is 0.109. The van der Waals surface area contributed by atoms with Crippen molar-refractivity contribution >= 4 is 11.6 Å². The Kier molecular flexibility index (Phi) is 6.03. The molecule has 1 saturated heterocycles. The van der Waals surface area contributed by atoms with Crippen molar-refractivity contribution in [3.8, 4) is 5.69 Å². The van der Waals surface area contributed by atoms with Gasteiger partial charge in [-0.15, -0.1) is 0 Å². The number of halogens is 1. The van der Waals surface area contributed by atoms with Gasteiger partial charge in [-0.05, 0) is 52.0 Å². The first-order valence-corrected chi connectivity index (χ1v) is 9.61. The molecule has 0 saturated carbocycles. The number of hydrogen-bond acceptors (Lipinski definition) is 4. The Morgan fingerprint density at radius 1 is 1.15 bits per heavy atom. The van der Waals surface area contributed by atoms with Gasteiger partial charge >= 0.3 is 0 Å². The third-order valence-corrected chi connectivity index (χ3v) is 5.49. The van der Waals surface area contributed by atoms with Crippen LogP contribution < -0.4 is 5.32 Å². The van der Waals surface area contributed by atoms with Crippen LogP contribution in [0.1, 0.15) is 30.8 Å². The molecule has 0 unspecified atom stereocenters. The zero-order valence-electron chi connectivity index (χ0n) is 16.2. The average molecular weight is 377 g/mol. The van der Waals surface area contributed by atoms with Crippen LogP contribution in [0.4, 0.5) is 0 Å². The van der Waals surface area contributed by atoms with Gasteiger partial charge in [0.25, 0.3) is 0 Å². The summed E-state index contributed by atoms with van der Waals surface area (Å²) in [5.74, 6) is 0. The molecule has 1 fully saturated rings. The smallest absolute Gasteiger partial charge is 0.0649 e. The molecule has 26 heavy (non-hydrogen) atoms. The largest absolute Gasteiger partial charge is 0.379 e. The molecular formula is C20H29ClN4O. The van der Waals surface area contributed by atoms with E-state index in [2.05, 4.69) is 37.9 Å². The van der Waals surface area contributed by atoms with Crippen LogP contribution in [-0.2, 0) is 11.3 Å². The molecule has 1 aromatic heterocycles. The van der Waals surface area contributed by atoms with E-state index in [4.69, 9.17) is 21.4 Å². The molecule has 0 aliphatic carbocycles. The van der Waals surface area contributed by atoms with E-state index in [1.807, 2.05) is 28.9 Å². The molecule has 0 amide bonds. The second kappa shape index (κ2) is 8.09. The number of morpholine rings is 1. The van der Waals surface area contributed by atoms with E-state index in [1.165, 1.54) is 11.3 Å². The number of nitrogens with zero attached hydrogens (tertiary/aromatic N) is 3. The van der Waals surface area contributed by atoms with Crippen molar-refractivity contribution in [1.29, 1.82) is 0 Å². The maximum absolute atomic E-state index is 6.00. The van der Waals surface area contributed by atoms with Crippen LogP contribution in [0.5, 0.6) is 0 Å². The first kappa shape index (κ1) is 19.4. The maximum atomic E-state index is 6.00. The summed E-state index contributed by atoms with van der Waals surface area (Å²) in [6.07, 6.45) is 0. The van der Waals surface area contributed by atoms with Crippen molar-refractivity contribution < 1.29 is 4.74 Å². The highest BCUT2D eigenvalue weighted by molar-refractivity contribution is 6.30. The van der Waals surface area contributed by atoms with Gasteiger partial charge in [-0.1, -0.05) is 11.6 Å². The molecule has 2 heterocycles. The first-order valence-electron chi connectivity index (χ1n) is 9.23. The molecule has 1 aliphatic heterocycles. The number of benzene rings is 1. The van der Waals surface area contributed by atoms with Gasteiger partial charge in [0.15, 0.2) is 0 Å². The van der Waals surface area contributed by atoms with Crippen molar-refractivity contribution in [3.63, 3.8) is 0 Å². The number of hydrogen-bond donors (Lipinski definition) is 1. The fourth-order valence-electron chi connectivity index (χ4n) is 3.54. The van der Waals surface area contributed by atoms with E-state index >= 15 is 0 Å². The lowest BCUT2D eigenvalue weighted by Crippen LogP contribution is -2.54. The highest BCUT2D eigenvalue weighted by Crippen LogP contribution is 2.20. The molecule has 6 heteroatoms. The molecular weight excluding hydrogens is 348 g/mol. The summed E-state index contributed by atoms with van der Waals surface area (Å²) in [5, 5.41) is 9.10. The Labute approximate surface area is 161 Å². The molecule has 0 atom stereocenters. The van der Waals surface area contributed by atoms with Crippen molar-refractivity contribution in [1.82, 2.24) is 20.0 Å². The predicted octanol–water partition coefficient (Wildman–Crippen LogP) is 3.34. The van der Waals surface area contributed by atoms with Crippen LogP contribution >= 0.6 is 11.6 Å². The fourth-order valence-corrected chi connectivity index (χ4v) is 3.66. The van der Waals surface area contributed by atoms with Gasteiger partial charge in [0.1, 0.15) is 0 Å². The second-order valence-electron chi connectivity index (χ2n) is 7.55. The lowest BCUT2D eigenvalue weighted by Gasteiger charge is -2.41. The third-order valence-electron chi connectivity index (χ3n) is 5.24. The Balaban J connectivity index is 1.66. The van der Waals surface area contributed by atoms with Gasteiger partial charge in [-0.3, -0.25) is 4.90 Å². The molecule has 1 aromatic carbocycles. The van der Waals surface area contributed by atoms with Crippen LogP contribution in [0.2, 0.25) is 5.02 Å². The highest BCUT2D eigenvalue weighted by Gasteiger charge is 2.28. The second-order valence-corrected chi connectivity index (χ2v) is 7.99. The SMILES string of the molecule is Cc1nn(-c2ccc(Cl)cc2)c(C)c1CNCC(C)(C)N1CCOCC1. The van der Waals surface area contributed by atoms with E-state index in [9.17, 15) is 0 Å². The van der Waals surface area contributed by atoms with E-state index in [-0.39, 0.29) is 5.54 Å². The Hall–Kier alpha value is -1.40. The summed E-state index contributed by atoms with van der Waals surface area (Å²) in [4.78, 5) is 2.50. The lowest BCUT2D eigenvalue weighted by molar-refractivity contribution is -0.00967. The van der Waals surface area contributed by atoms with E-state index in [0.717, 1.165) is 55.8 Å². The fraction of sp³-hybridized carbons (Fsp3) is 0.550.